The van der Waals surface area contributed by atoms with E-state index in [1.165, 1.54) is 0 Å². The molecule has 3 aromatic rings. The monoisotopic (exact) mass is 472 g/mol. The van der Waals surface area contributed by atoms with Crippen LogP contribution in [0.1, 0.15) is 44.7 Å². The third-order valence-corrected chi connectivity index (χ3v) is 5.69. The molecular formula is C27H30Cl2O3. The number of ether oxygens (including phenoxy) is 3. The van der Waals surface area contributed by atoms with Crippen LogP contribution in [-0.2, 0) is 16.8 Å². The maximum atomic E-state index is 6.47. The fraction of sp³-hybridized carbons (Fsp3) is 0.333. The van der Waals surface area contributed by atoms with Crippen LogP contribution in [0.25, 0.3) is 0 Å². The number of para-hydroxylation sites is 1. The van der Waals surface area contributed by atoms with Gasteiger partial charge in [-0.2, -0.15) is 0 Å². The van der Waals surface area contributed by atoms with Crippen molar-refractivity contribution in [1.82, 2.24) is 0 Å². The van der Waals surface area contributed by atoms with E-state index >= 15 is 0 Å². The van der Waals surface area contributed by atoms with Gasteiger partial charge in [0.05, 0.1) is 29.9 Å². The summed E-state index contributed by atoms with van der Waals surface area (Å²) in [5.74, 6) is 2.15. The van der Waals surface area contributed by atoms with E-state index in [0.717, 1.165) is 35.5 Å². The van der Waals surface area contributed by atoms with Gasteiger partial charge in [-0.15, -0.1) is 0 Å². The molecule has 0 saturated carbocycles. The normalized spacial score (nSPS) is 11.4. The van der Waals surface area contributed by atoms with Gasteiger partial charge in [0, 0.05) is 5.41 Å². The minimum absolute atomic E-state index is 0.270. The smallest absolute Gasteiger partial charge is 0.156 e. The summed E-state index contributed by atoms with van der Waals surface area (Å²) in [4.78, 5) is 0. The molecule has 0 N–H and O–H groups in total. The van der Waals surface area contributed by atoms with E-state index in [1.54, 1.807) is 0 Å². The van der Waals surface area contributed by atoms with E-state index in [1.807, 2.05) is 66.7 Å². The van der Waals surface area contributed by atoms with Crippen LogP contribution < -0.4 is 9.47 Å². The van der Waals surface area contributed by atoms with E-state index in [2.05, 4.69) is 20.8 Å². The summed E-state index contributed by atoms with van der Waals surface area (Å²) >= 11 is 12.9. The van der Waals surface area contributed by atoms with Crippen LogP contribution in [0.5, 0.6) is 17.2 Å². The minimum atomic E-state index is -0.270. The van der Waals surface area contributed by atoms with Gasteiger partial charge in [0.1, 0.15) is 11.5 Å². The molecule has 32 heavy (non-hydrogen) atoms. The zero-order valence-corrected chi connectivity index (χ0v) is 20.4. The van der Waals surface area contributed by atoms with Crippen LogP contribution >= 0.6 is 23.2 Å². The van der Waals surface area contributed by atoms with Gasteiger partial charge in [-0.25, -0.2) is 0 Å². The fourth-order valence-corrected chi connectivity index (χ4v) is 3.83. The Kier molecular flexibility index (Phi) is 8.86. The number of unbranched alkanes of at least 4 members (excludes halogenated alkanes) is 1. The molecule has 0 atom stereocenters. The number of hydrogen-bond donors (Lipinski definition) is 0. The van der Waals surface area contributed by atoms with E-state index in [9.17, 15) is 0 Å². The summed E-state index contributed by atoms with van der Waals surface area (Å²) in [5.41, 5.74) is 1.79. The Morgan fingerprint density at radius 2 is 1.53 bits per heavy atom. The molecule has 3 aromatic carbocycles. The second kappa shape index (κ2) is 11.6. The maximum absolute atomic E-state index is 6.47. The Labute approximate surface area is 201 Å². The fourth-order valence-electron chi connectivity index (χ4n) is 3.24. The van der Waals surface area contributed by atoms with Gasteiger partial charge < -0.3 is 14.2 Å². The Balaban J connectivity index is 1.60. The Bertz CT molecular complexity index is 980. The summed E-state index contributed by atoms with van der Waals surface area (Å²) < 4.78 is 17.7. The van der Waals surface area contributed by atoms with Crippen LogP contribution in [0.2, 0.25) is 10.0 Å². The lowest BCUT2D eigenvalue weighted by Crippen LogP contribution is -2.24. The van der Waals surface area contributed by atoms with Gasteiger partial charge in [0.2, 0.25) is 0 Å². The first kappa shape index (κ1) is 24.4. The molecule has 0 aromatic heterocycles. The second-order valence-electron chi connectivity index (χ2n) is 8.41. The van der Waals surface area contributed by atoms with Crippen molar-refractivity contribution in [3.05, 3.63) is 87.9 Å². The van der Waals surface area contributed by atoms with Gasteiger partial charge in [-0.05, 0) is 53.9 Å². The molecule has 0 aliphatic carbocycles. The second-order valence-corrected chi connectivity index (χ2v) is 9.22. The van der Waals surface area contributed by atoms with Crippen molar-refractivity contribution in [1.29, 1.82) is 0 Å². The Morgan fingerprint density at radius 1 is 0.844 bits per heavy atom. The van der Waals surface area contributed by atoms with Crippen LogP contribution in [-0.4, -0.2) is 13.2 Å². The van der Waals surface area contributed by atoms with Crippen molar-refractivity contribution in [2.45, 2.75) is 45.6 Å². The third kappa shape index (κ3) is 6.90. The number of benzene rings is 3. The topological polar surface area (TPSA) is 27.7 Å². The standard InChI is InChI=1S/C27H30Cl2O3/c1-4-5-14-31-26-24(28)16-21(17-25(26)29)27(2,3)19-30-18-20-10-9-13-23(15-20)32-22-11-7-6-8-12-22/h6-13,15-17H,4-5,14,18-19H2,1-3H3. The van der Waals surface area contributed by atoms with Gasteiger partial charge in [0.15, 0.2) is 5.75 Å². The number of rotatable bonds is 11. The summed E-state index contributed by atoms with van der Waals surface area (Å²) in [6, 6.07) is 21.5. The highest BCUT2D eigenvalue weighted by atomic mass is 35.5. The molecule has 0 radical (unpaired) electrons. The molecule has 0 amide bonds. The van der Waals surface area contributed by atoms with Crippen molar-refractivity contribution >= 4 is 23.2 Å². The van der Waals surface area contributed by atoms with Gasteiger partial charge in [-0.1, -0.05) is 80.7 Å². The highest BCUT2D eigenvalue weighted by Gasteiger charge is 2.24. The first-order valence-corrected chi connectivity index (χ1v) is 11.7. The highest BCUT2D eigenvalue weighted by Crippen LogP contribution is 2.38. The first-order chi connectivity index (χ1) is 15.4. The van der Waals surface area contributed by atoms with Crippen molar-refractivity contribution in [3.63, 3.8) is 0 Å². The van der Waals surface area contributed by atoms with E-state index in [0.29, 0.717) is 35.6 Å². The summed E-state index contributed by atoms with van der Waals surface area (Å²) in [7, 11) is 0. The van der Waals surface area contributed by atoms with Gasteiger partial charge >= 0.3 is 0 Å². The molecule has 0 heterocycles. The molecule has 5 heteroatoms. The predicted octanol–water partition coefficient (Wildman–Crippen LogP) is 8.46. The van der Waals surface area contributed by atoms with Gasteiger partial charge in [-0.3, -0.25) is 0 Å². The average Bonchev–Trinajstić information content (AvgIpc) is 2.76. The van der Waals surface area contributed by atoms with Crippen molar-refractivity contribution in [3.8, 4) is 17.2 Å². The van der Waals surface area contributed by atoms with Crippen molar-refractivity contribution < 1.29 is 14.2 Å². The highest BCUT2D eigenvalue weighted by molar-refractivity contribution is 6.37. The van der Waals surface area contributed by atoms with Crippen LogP contribution in [0.4, 0.5) is 0 Å². The molecule has 170 valence electrons. The number of hydrogen-bond acceptors (Lipinski definition) is 3. The van der Waals surface area contributed by atoms with Crippen molar-refractivity contribution in [2.75, 3.05) is 13.2 Å². The molecule has 0 aliphatic rings. The zero-order valence-electron chi connectivity index (χ0n) is 18.9. The van der Waals surface area contributed by atoms with Crippen LogP contribution in [0.3, 0.4) is 0 Å². The molecule has 0 bridgehead atoms. The molecule has 0 fully saturated rings. The SMILES string of the molecule is CCCCOc1c(Cl)cc(C(C)(C)COCc2cccc(Oc3ccccc3)c2)cc1Cl. The molecule has 3 nitrogen and oxygen atoms in total. The lowest BCUT2D eigenvalue weighted by atomic mass is 9.85. The largest absolute Gasteiger partial charge is 0.490 e. The lowest BCUT2D eigenvalue weighted by molar-refractivity contribution is 0.0824. The van der Waals surface area contributed by atoms with E-state index in [-0.39, 0.29) is 5.41 Å². The molecule has 0 saturated heterocycles. The van der Waals surface area contributed by atoms with E-state index < -0.39 is 0 Å². The quantitative estimate of drug-likeness (QED) is 0.262. The summed E-state index contributed by atoms with van der Waals surface area (Å²) in [6.07, 6.45) is 2.02. The average molecular weight is 473 g/mol. The summed E-state index contributed by atoms with van der Waals surface area (Å²) in [6.45, 7) is 7.94. The third-order valence-electron chi connectivity index (χ3n) is 5.13. The lowest BCUT2D eigenvalue weighted by Gasteiger charge is -2.26. The van der Waals surface area contributed by atoms with E-state index in [4.69, 9.17) is 37.4 Å². The van der Waals surface area contributed by atoms with Gasteiger partial charge in [0.25, 0.3) is 0 Å². The van der Waals surface area contributed by atoms with Crippen LogP contribution in [0.15, 0.2) is 66.7 Å². The Hall–Kier alpha value is -2.20. The molecule has 0 unspecified atom stereocenters. The predicted molar refractivity (Wildman–Crippen MR) is 133 cm³/mol. The number of halogens is 2. The van der Waals surface area contributed by atoms with Crippen LogP contribution in [0, 0.1) is 0 Å². The zero-order chi connectivity index (χ0) is 23.0. The molecular weight excluding hydrogens is 443 g/mol. The first-order valence-electron chi connectivity index (χ1n) is 10.9. The molecule has 0 spiro atoms. The Morgan fingerprint density at radius 3 is 2.22 bits per heavy atom. The van der Waals surface area contributed by atoms with Crippen molar-refractivity contribution in [2.24, 2.45) is 0 Å². The maximum Gasteiger partial charge on any atom is 0.156 e. The summed E-state index contributed by atoms with van der Waals surface area (Å²) in [5, 5.41) is 1.06. The molecule has 3 rings (SSSR count). The molecule has 0 aliphatic heterocycles. The minimum Gasteiger partial charge on any atom is -0.490 e.